The monoisotopic (exact) mass is 274 g/mol. The summed E-state index contributed by atoms with van der Waals surface area (Å²) in [4.78, 5) is 0. The van der Waals surface area contributed by atoms with Crippen molar-refractivity contribution in [1.29, 1.82) is 0 Å². The Morgan fingerprint density at radius 1 is 0.850 bits per heavy atom. The van der Waals surface area contributed by atoms with E-state index >= 15 is 0 Å². The van der Waals surface area contributed by atoms with Crippen LogP contribution in [0, 0.1) is 0 Å². The molecule has 4 heteroatoms. The van der Waals surface area contributed by atoms with Crippen LogP contribution >= 0.6 is 0 Å². The van der Waals surface area contributed by atoms with Gasteiger partial charge in [-0.2, -0.15) is 0 Å². The van der Waals surface area contributed by atoms with Crippen LogP contribution in [0.5, 0.6) is 23.0 Å². The van der Waals surface area contributed by atoms with Gasteiger partial charge in [0.05, 0.1) is 21.3 Å². The van der Waals surface area contributed by atoms with E-state index in [0.717, 1.165) is 16.9 Å². The largest absolute Gasteiger partial charge is 0.508 e. The lowest BCUT2D eigenvalue weighted by atomic mass is 10.0. The first-order valence-electron chi connectivity index (χ1n) is 6.24. The fourth-order valence-corrected chi connectivity index (χ4v) is 2.02. The normalized spacial score (nSPS) is 10.2. The van der Waals surface area contributed by atoms with Crippen LogP contribution < -0.4 is 14.2 Å². The van der Waals surface area contributed by atoms with Crippen LogP contribution in [0.3, 0.4) is 0 Å². The molecule has 0 aliphatic carbocycles. The molecule has 0 radical (unpaired) electrons. The maximum absolute atomic E-state index is 10.0. The molecule has 0 aromatic heterocycles. The standard InChI is InChI=1S/C16H18O4/c1-18-13-6-4-11(5-7-13)8-12-9-15(19-2)16(20-3)10-14(12)17/h4-7,9-10,17H,8H2,1-3H3. The zero-order chi connectivity index (χ0) is 14.5. The van der Waals surface area contributed by atoms with Crippen LogP contribution in [0.4, 0.5) is 0 Å². The van der Waals surface area contributed by atoms with Crippen molar-refractivity contribution in [3.05, 3.63) is 47.5 Å². The summed E-state index contributed by atoms with van der Waals surface area (Å²) in [5.74, 6) is 2.13. The van der Waals surface area contributed by atoms with E-state index in [0.29, 0.717) is 17.9 Å². The first-order valence-corrected chi connectivity index (χ1v) is 6.24. The number of benzene rings is 2. The number of ether oxygens (including phenoxy) is 3. The maximum atomic E-state index is 10.0. The van der Waals surface area contributed by atoms with E-state index in [1.165, 1.54) is 0 Å². The zero-order valence-electron chi connectivity index (χ0n) is 11.8. The van der Waals surface area contributed by atoms with Gasteiger partial charge < -0.3 is 19.3 Å². The quantitative estimate of drug-likeness (QED) is 0.910. The number of rotatable bonds is 5. The fraction of sp³-hybridized carbons (Fsp3) is 0.250. The van der Waals surface area contributed by atoms with Gasteiger partial charge in [0.15, 0.2) is 11.5 Å². The summed E-state index contributed by atoms with van der Waals surface area (Å²) in [5.41, 5.74) is 1.86. The fourth-order valence-electron chi connectivity index (χ4n) is 2.02. The second kappa shape index (κ2) is 6.19. The van der Waals surface area contributed by atoms with Gasteiger partial charge in [0, 0.05) is 18.1 Å². The molecule has 2 aromatic rings. The predicted octanol–water partition coefficient (Wildman–Crippen LogP) is 3.01. The van der Waals surface area contributed by atoms with Crippen LogP contribution in [0.25, 0.3) is 0 Å². The van der Waals surface area contributed by atoms with Crippen LogP contribution in [-0.4, -0.2) is 26.4 Å². The molecule has 0 atom stereocenters. The van der Waals surface area contributed by atoms with Gasteiger partial charge in [0.25, 0.3) is 0 Å². The van der Waals surface area contributed by atoms with E-state index < -0.39 is 0 Å². The lowest BCUT2D eigenvalue weighted by molar-refractivity contribution is 0.350. The molecule has 0 aliphatic heterocycles. The molecule has 106 valence electrons. The van der Waals surface area contributed by atoms with E-state index in [1.807, 2.05) is 24.3 Å². The Labute approximate surface area is 118 Å². The molecule has 4 nitrogen and oxygen atoms in total. The number of phenols is 1. The Kier molecular flexibility index (Phi) is 4.35. The Morgan fingerprint density at radius 2 is 1.45 bits per heavy atom. The minimum Gasteiger partial charge on any atom is -0.508 e. The van der Waals surface area contributed by atoms with Gasteiger partial charge in [0.2, 0.25) is 0 Å². The highest BCUT2D eigenvalue weighted by Gasteiger charge is 2.11. The highest BCUT2D eigenvalue weighted by atomic mass is 16.5. The van der Waals surface area contributed by atoms with Crippen LogP contribution in [0.15, 0.2) is 36.4 Å². The second-order valence-electron chi connectivity index (χ2n) is 4.36. The molecule has 0 unspecified atom stereocenters. The number of aromatic hydroxyl groups is 1. The van der Waals surface area contributed by atoms with Crippen molar-refractivity contribution in [2.75, 3.05) is 21.3 Å². The molecule has 0 saturated heterocycles. The first kappa shape index (κ1) is 14.1. The van der Waals surface area contributed by atoms with Gasteiger partial charge in [-0.25, -0.2) is 0 Å². The average molecular weight is 274 g/mol. The molecule has 20 heavy (non-hydrogen) atoms. The summed E-state index contributed by atoms with van der Waals surface area (Å²) < 4.78 is 15.5. The summed E-state index contributed by atoms with van der Waals surface area (Å²) >= 11 is 0. The van der Waals surface area contributed by atoms with E-state index in [-0.39, 0.29) is 5.75 Å². The summed E-state index contributed by atoms with van der Waals surface area (Å²) in [6.07, 6.45) is 0.607. The highest BCUT2D eigenvalue weighted by Crippen LogP contribution is 2.35. The Balaban J connectivity index is 2.27. The Morgan fingerprint density at radius 3 is 2.00 bits per heavy atom. The third-order valence-corrected chi connectivity index (χ3v) is 3.14. The summed E-state index contributed by atoms with van der Waals surface area (Å²) in [6.45, 7) is 0. The molecule has 0 spiro atoms. The lowest BCUT2D eigenvalue weighted by Gasteiger charge is -2.12. The average Bonchev–Trinajstić information content (AvgIpc) is 2.49. The van der Waals surface area contributed by atoms with Crippen molar-refractivity contribution in [3.8, 4) is 23.0 Å². The zero-order valence-corrected chi connectivity index (χ0v) is 11.8. The van der Waals surface area contributed by atoms with Gasteiger partial charge in [-0.15, -0.1) is 0 Å². The minimum absolute atomic E-state index is 0.193. The highest BCUT2D eigenvalue weighted by molar-refractivity contribution is 5.51. The van der Waals surface area contributed by atoms with Crippen LogP contribution in [0.1, 0.15) is 11.1 Å². The molecule has 0 bridgehead atoms. The van der Waals surface area contributed by atoms with E-state index in [9.17, 15) is 5.11 Å². The van der Waals surface area contributed by atoms with Crippen molar-refractivity contribution in [1.82, 2.24) is 0 Å². The molecule has 0 saturated carbocycles. The molecule has 2 rings (SSSR count). The smallest absolute Gasteiger partial charge is 0.164 e. The molecule has 0 heterocycles. The van der Waals surface area contributed by atoms with Crippen molar-refractivity contribution in [2.45, 2.75) is 6.42 Å². The first-order chi connectivity index (χ1) is 9.67. The molecular formula is C16H18O4. The summed E-state index contributed by atoms with van der Waals surface area (Å²) in [6, 6.07) is 11.1. The van der Waals surface area contributed by atoms with Crippen molar-refractivity contribution < 1.29 is 19.3 Å². The molecule has 0 aliphatic rings. The van der Waals surface area contributed by atoms with E-state index in [2.05, 4.69) is 0 Å². The molecule has 2 aromatic carbocycles. The van der Waals surface area contributed by atoms with Gasteiger partial charge in [-0.05, 0) is 23.8 Å². The Bertz CT molecular complexity index is 576. The van der Waals surface area contributed by atoms with Gasteiger partial charge in [-0.3, -0.25) is 0 Å². The number of hydrogen-bond acceptors (Lipinski definition) is 4. The van der Waals surface area contributed by atoms with Crippen molar-refractivity contribution >= 4 is 0 Å². The molecule has 0 fully saturated rings. The molecule has 1 N–H and O–H groups in total. The molecule has 0 amide bonds. The van der Waals surface area contributed by atoms with Crippen molar-refractivity contribution in [2.24, 2.45) is 0 Å². The van der Waals surface area contributed by atoms with E-state index in [4.69, 9.17) is 14.2 Å². The van der Waals surface area contributed by atoms with E-state index in [1.54, 1.807) is 33.5 Å². The third kappa shape index (κ3) is 2.96. The van der Waals surface area contributed by atoms with Gasteiger partial charge >= 0.3 is 0 Å². The van der Waals surface area contributed by atoms with Crippen molar-refractivity contribution in [3.63, 3.8) is 0 Å². The van der Waals surface area contributed by atoms with Gasteiger partial charge in [0.1, 0.15) is 11.5 Å². The minimum atomic E-state index is 0.193. The molecular weight excluding hydrogens is 256 g/mol. The topological polar surface area (TPSA) is 47.9 Å². The maximum Gasteiger partial charge on any atom is 0.164 e. The lowest BCUT2D eigenvalue weighted by Crippen LogP contribution is -1.95. The van der Waals surface area contributed by atoms with Crippen LogP contribution in [-0.2, 0) is 6.42 Å². The van der Waals surface area contributed by atoms with Crippen LogP contribution in [0.2, 0.25) is 0 Å². The predicted molar refractivity (Wildman–Crippen MR) is 77.0 cm³/mol. The number of phenolic OH excluding ortho intramolecular Hbond substituents is 1. The summed E-state index contributed by atoms with van der Waals surface area (Å²) in [7, 11) is 4.75. The Hall–Kier alpha value is -2.36. The van der Waals surface area contributed by atoms with Gasteiger partial charge in [-0.1, -0.05) is 12.1 Å². The SMILES string of the molecule is COc1ccc(Cc2cc(OC)c(OC)cc2O)cc1. The second-order valence-corrected chi connectivity index (χ2v) is 4.36. The summed E-state index contributed by atoms with van der Waals surface area (Å²) in [5, 5.41) is 10.0. The number of methoxy groups -OCH3 is 3. The third-order valence-electron chi connectivity index (χ3n) is 3.14. The number of hydrogen-bond donors (Lipinski definition) is 1.